The number of carbonyl (C=O) groups excluding carboxylic acids is 2. The fourth-order valence-electron chi connectivity index (χ4n) is 2.84. The molecule has 0 bridgehead atoms. The molecule has 0 aliphatic rings. The van der Waals surface area contributed by atoms with Gasteiger partial charge in [0.15, 0.2) is 0 Å². The van der Waals surface area contributed by atoms with Gasteiger partial charge in [0.25, 0.3) is 0 Å². The molecule has 24 heavy (non-hydrogen) atoms. The molecule has 0 aliphatic carbocycles. The number of aromatic nitrogens is 1. The maximum atomic E-state index is 12.1. The first-order valence-electron chi connectivity index (χ1n) is 7.52. The molecule has 1 heterocycles. The van der Waals surface area contributed by atoms with Crippen LogP contribution in [-0.2, 0) is 16.1 Å². The van der Waals surface area contributed by atoms with Gasteiger partial charge in [0.05, 0.1) is 7.11 Å². The molecule has 2 amide bonds. The van der Waals surface area contributed by atoms with E-state index in [9.17, 15) is 9.59 Å². The Bertz CT molecular complexity index is 950. The van der Waals surface area contributed by atoms with Crippen molar-refractivity contribution in [2.24, 2.45) is 0 Å². The molecule has 3 radical (unpaired) electrons. The summed E-state index contributed by atoms with van der Waals surface area (Å²) in [6.07, 6.45) is -0.770. The van der Waals surface area contributed by atoms with Crippen molar-refractivity contribution in [3.63, 3.8) is 0 Å². The molecule has 117 valence electrons. The van der Waals surface area contributed by atoms with E-state index in [1.54, 1.807) is 6.07 Å². The number of nitrogens with zero attached hydrogens (tertiary/aromatic N) is 1. The minimum absolute atomic E-state index is 0.00814. The summed E-state index contributed by atoms with van der Waals surface area (Å²) in [5.74, 6) is -0.441. The minimum atomic E-state index is -0.770. The molecule has 1 aromatic heterocycles. The van der Waals surface area contributed by atoms with Gasteiger partial charge in [-0.25, -0.2) is 4.79 Å². The minimum Gasteiger partial charge on any atom is -0.453 e. The van der Waals surface area contributed by atoms with E-state index in [2.05, 4.69) is 16.1 Å². The van der Waals surface area contributed by atoms with Crippen LogP contribution in [-0.4, -0.2) is 38.8 Å². The van der Waals surface area contributed by atoms with E-state index >= 15 is 0 Å². The molecule has 0 aliphatic heterocycles. The quantitative estimate of drug-likeness (QED) is 0.729. The summed E-state index contributed by atoms with van der Waals surface area (Å²) in [6, 6.07) is 11.6. The third kappa shape index (κ3) is 2.89. The highest BCUT2D eigenvalue weighted by molar-refractivity contribution is 6.52. The lowest BCUT2D eigenvalue weighted by Gasteiger charge is -2.08. The van der Waals surface area contributed by atoms with Crippen molar-refractivity contribution < 1.29 is 14.3 Å². The summed E-state index contributed by atoms with van der Waals surface area (Å²) >= 11 is 0. The number of imide groups is 1. The Morgan fingerprint density at radius 2 is 1.83 bits per heavy atom. The number of methoxy groups -OCH3 is 1. The summed E-state index contributed by atoms with van der Waals surface area (Å²) in [5.41, 5.74) is 3.53. The summed E-state index contributed by atoms with van der Waals surface area (Å²) in [5, 5.41) is 4.16. The van der Waals surface area contributed by atoms with Gasteiger partial charge < -0.3 is 9.30 Å². The maximum Gasteiger partial charge on any atom is 0.413 e. The number of hydrogen-bond donors (Lipinski definition) is 1. The molecule has 0 atom stereocenters. The predicted molar refractivity (Wildman–Crippen MR) is 96.6 cm³/mol. The van der Waals surface area contributed by atoms with Gasteiger partial charge in [0.1, 0.15) is 21.7 Å². The van der Waals surface area contributed by atoms with Crippen molar-refractivity contribution in [3.05, 3.63) is 36.4 Å². The Balaban J connectivity index is 2.14. The normalized spacial score (nSPS) is 10.8. The number of nitrogens with one attached hydrogen (secondary N) is 1. The summed E-state index contributed by atoms with van der Waals surface area (Å²) in [7, 11) is 9.15. The zero-order chi connectivity index (χ0) is 17.3. The maximum absolute atomic E-state index is 12.1. The number of carbonyl (C=O) groups is 2. The number of rotatable bonds is 3. The van der Waals surface area contributed by atoms with E-state index in [0.717, 1.165) is 27.3 Å². The number of alkyl carbamates (subject to hydrolysis) is 1. The average molecular weight is 317 g/mol. The number of benzene rings is 2. The van der Waals surface area contributed by atoms with Gasteiger partial charge in [-0.1, -0.05) is 42.0 Å². The van der Waals surface area contributed by atoms with Crippen molar-refractivity contribution in [2.45, 2.75) is 13.4 Å². The van der Waals surface area contributed by atoms with Crippen LogP contribution in [0.15, 0.2) is 36.4 Å². The lowest BCUT2D eigenvalue weighted by atomic mass is 9.73. The van der Waals surface area contributed by atoms with E-state index in [-0.39, 0.29) is 6.54 Å². The molecule has 0 unspecified atom stereocenters. The van der Waals surface area contributed by atoms with Crippen LogP contribution in [0.2, 0.25) is 6.82 Å². The lowest BCUT2D eigenvalue weighted by molar-refractivity contribution is -0.120. The van der Waals surface area contributed by atoms with Crippen LogP contribution in [0.3, 0.4) is 0 Å². The Morgan fingerprint density at radius 3 is 2.50 bits per heavy atom. The Labute approximate surface area is 141 Å². The molecular formula is C17H15B2N2O3. The third-order valence-corrected chi connectivity index (χ3v) is 3.97. The van der Waals surface area contributed by atoms with Crippen LogP contribution in [0.1, 0.15) is 0 Å². The first-order chi connectivity index (χ1) is 11.5. The van der Waals surface area contributed by atoms with Crippen molar-refractivity contribution >= 4 is 59.9 Å². The van der Waals surface area contributed by atoms with Gasteiger partial charge in [-0.15, -0.1) is 0 Å². The molecule has 7 heteroatoms. The van der Waals surface area contributed by atoms with Crippen LogP contribution in [0.5, 0.6) is 0 Å². The molecule has 3 aromatic rings. The number of fused-ring (bicyclic) bond motifs is 3. The highest BCUT2D eigenvalue weighted by atomic mass is 16.5. The Morgan fingerprint density at radius 1 is 1.17 bits per heavy atom. The van der Waals surface area contributed by atoms with Crippen LogP contribution in [0.4, 0.5) is 4.79 Å². The van der Waals surface area contributed by atoms with Crippen molar-refractivity contribution in [1.82, 2.24) is 9.88 Å². The summed E-state index contributed by atoms with van der Waals surface area (Å²) in [4.78, 5) is 23.3. The molecular weight excluding hydrogens is 302 g/mol. The van der Waals surface area contributed by atoms with Crippen LogP contribution >= 0.6 is 0 Å². The topological polar surface area (TPSA) is 60.3 Å². The van der Waals surface area contributed by atoms with Crippen LogP contribution < -0.4 is 16.2 Å². The zero-order valence-electron chi connectivity index (χ0n) is 13.5. The lowest BCUT2D eigenvalue weighted by Crippen LogP contribution is -2.33. The second-order valence-electron chi connectivity index (χ2n) is 5.47. The largest absolute Gasteiger partial charge is 0.453 e. The molecule has 0 saturated carbocycles. The van der Waals surface area contributed by atoms with Gasteiger partial charge >= 0.3 is 6.09 Å². The monoisotopic (exact) mass is 317 g/mol. The van der Waals surface area contributed by atoms with Gasteiger partial charge in [-0.2, -0.15) is 0 Å². The van der Waals surface area contributed by atoms with Crippen molar-refractivity contribution in [2.75, 3.05) is 7.11 Å². The Hall–Kier alpha value is -2.69. The van der Waals surface area contributed by atoms with Crippen LogP contribution in [0, 0.1) is 0 Å². The second-order valence-corrected chi connectivity index (χ2v) is 5.47. The zero-order valence-corrected chi connectivity index (χ0v) is 13.5. The highest BCUT2D eigenvalue weighted by Gasteiger charge is 2.15. The molecule has 3 rings (SSSR count). The van der Waals surface area contributed by atoms with Crippen molar-refractivity contribution in [1.29, 1.82) is 0 Å². The number of amides is 2. The first kappa shape index (κ1) is 16.2. The standard InChI is InChI=1S/C17H15B2N2O3/c1-19-11-4-6-15-13(8-11)12-7-10(18)3-5-14(12)21(15)9-16(22)20-17(23)24-2/h3-8H,9H2,1-2H3,(H,20,22,23). The average Bonchev–Trinajstić information content (AvgIpc) is 2.87. The first-order valence-corrected chi connectivity index (χ1v) is 7.52. The molecule has 2 aromatic carbocycles. The van der Waals surface area contributed by atoms with Crippen molar-refractivity contribution in [3.8, 4) is 0 Å². The van der Waals surface area contributed by atoms with Gasteiger partial charge in [-0.3, -0.25) is 10.1 Å². The van der Waals surface area contributed by atoms with E-state index in [0.29, 0.717) is 5.46 Å². The fraction of sp³-hybridized carbons (Fsp3) is 0.176. The SMILES string of the molecule is [B]c1ccc2c(c1)c1cc([B]C)ccc1n2CC(=O)NC(=O)OC. The predicted octanol–water partition coefficient (Wildman–Crippen LogP) is 0.848. The van der Waals surface area contributed by atoms with Gasteiger partial charge in [0, 0.05) is 21.8 Å². The number of ether oxygens (including phenoxy) is 1. The van der Waals surface area contributed by atoms with E-state index < -0.39 is 12.0 Å². The summed E-state index contributed by atoms with van der Waals surface area (Å²) < 4.78 is 6.32. The van der Waals surface area contributed by atoms with Gasteiger partial charge in [-0.05, 0) is 12.1 Å². The van der Waals surface area contributed by atoms with E-state index in [4.69, 9.17) is 7.85 Å². The Kier molecular flexibility index (Phi) is 4.34. The second kappa shape index (κ2) is 6.43. The molecule has 0 saturated heterocycles. The summed E-state index contributed by atoms with van der Waals surface area (Å²) in [6.45, 7) is 1.98. The highest BCUT2D eigenvalue weighted by Crippen LogP contribution is 2.27. The van der Waals surface area contributed by atoms with E-state index in [1.807, 2.05) is 42.9 Å². The molecule has 0 fully saturated rings. The smallest absolute Gasteiger partial charge is 0.413 e. The molecule has 0 spiro atoms. The number of hydrogen-bond acceptors (Lipinski definition) is 3. The van der Waals surface area contributed by atoms with Gasteiger partial charge in [0.2, 0.25) is 5.91 Å². The third-order valence-electron chi connectivity index (χ3n) is 3.97. The van der Waals surface area contributed by atoms with E-state index in [1.165, 1.54) is 7.11 Å². The van der Waals surface area contributed by atoms with Crippen LogP contribution in [0.25, 0.3) is 21.8 Å². The molecule has 1 N–H and O–H groups in total. The fourth-order valence-corrected chi connectivity index (χ4v) is 2.84. The molecule has 5 nitrogen and oxygen atoms in total.